The number of carbonyl (C=O) groups excluding carboxylic acids is 1. The van der Waals surface area contributed by atoms with Crippen molar-refractivity contribution in [3.8, 4) is 0 Å². The SMILES string of the molecule is O=C(NCc1ccccc1)c1ccc([C@@H]2C[C@H]2NCc2cccs2)cc1. The van der Waals surface area contributed by atoms with Gasteiger partial charge < -0.3 is 10.6 Å². The van der Waals surface area contributed by atoms with E-state index < -0.39 is 0 Å². The summed E-state index contributed by atoms with van der Waals surface area (Å²) in [6, 6.07) is 22.8. The van der Waals surface area contributed by atoms with Gasteiger partial charge in [-0.15, -0.1) is 11.3 Å². The smallest absolute Gasteiger partial charge is 0.251 e. The number of hydrogen-bond donors (Lipinski definition) is 2. The Balaban J connectivity index is 1.27. The normalized spacial score (nSPS) is 18.5. The van der Waals surface area contributed by atoms with Crippen molar-refractivity contribution < 1.29 is 4.79 Å². The zero-order valence-corrected chi connectivity index (χ0v) is 15.3. The number of amides is 1. The predicted octanol–water partition coefficient (Wildman–Crippen LogP) is 4.32. The van der Waals surface area contributed by atoms with Crippen molar-refractivity contribution in [2.24, 2.45) is 0 Å². The molecule has 132 valence electrons. The number of hydrogen-bond acceptors (Lipinski definition) is 3. The molecule has 1 heterocycles. The van der Waals surface area contributed by atoms with E-state index >= 15 is 0 Å². The third-order valence-corrected chi connectivity index (χ3v) is 5.68. The molecule has 0 saturated heterocycles. The molecule has 0 unspecified atom stereocenters. The van der Waals surface area contributed by atoms with Crippen LogP contribution in [0.3, 0.4) is 0 Å². The molecular weight excluding hydrogens is 340 g/mol. The average Bonchev–Trinajstić information content (AvgIpc) is 3.28. The number of rotatable bonds is 7. The second kappa shape index (κ2) is 7.85. The Morgan fingerprint density at radius 2 is 1.77 bits per heavy atom. The maximum absolute atomic E-state index is 12.3. The monoisotopic (exact) mass is 362 g/mol. The minimum absolute atomic E-state index is 0.0245. The van der Waals surface area contributed by atoms with Gasteiger partial charge >= 0.3 is 0 Å². The van der Waals surface area contributed by atoms with Crippen LogP contribution in [0, 0.1) is 0 Å². The molecule has 0 radical (unpaired) electrons. The van der Waals surface area contributed by atoms with E-state index in [1.807, 2.05) is 42.5 Å². The van der Waals surface area contributed by atoms with E-state index in [1.54, 1.807) is 11.3 Å². The number of nitrogens with one attached hydrogen (secondary N) is 2. The molecule has 2 atom stereocenters. The van der Waals surface area contributed by atoms with Crippen molar-refractivity contribution in [3.05, 3.63) is 93.7 Å². The number of thiophene rings is 1. The first-order valence-electron chi connectivity index (χ1n) is 8.97. The van der Waals surface area contributed by atoms with E-state index in [1.165, 1.54) is 16.9 Å². The average molecular weight is 362 g/mol. The molecule has 4 heteroatoms. The van der Waals surface area contributed by atoms with Crippen LogP contribution in [0.5, 0.6) is 0 Å². The molecule has 1 amide bonds. The second-order valence-corrected chi connectivity index (χ2v) is 7.73. The molecule has 1 aliphatic carbocycles. The largest absolute Gasteiger partial charge is 0.348 e. The first kappa shape index (κ1) is 17.0. The quantitative estimate of drug-likeness (QED) is 0.657. The van der Waals surface area contributed by atoms with Crippen LogP contribution in [0.15, 0.2) is 72.1 Å². The highest BCUT2D eigenvalue weighted by Crippen LogP contribution is 2.41. The summed E-state index contributed by atoms with van der Waals surface area (Å²) >= 11 is 1.79. The topological polar surface area (TPSA) is 41.1 Å². The fourth-order valence-corrected chi connectivity index (χ4v) is 3.85. The molecule has 4 rings (SSSR count). The Kier molecular flexibility index (Phi) is 5.14. The first-order valence-corrected chi connectivity index (χ1v) is 9.85. The highest BCUT2D eigenvalue weighted by atomic mass is 32.1. The molecule has 3 nitrogen and oxygen atoms in total. The Labute approximate surface area is 158 Å². The van der Waals surface area contributed by atoms with Crippen LogP contribution in [-0.2, 0) is 13.1 Å². The molecule has 0 aliphatic heterocycles. The zero-order chi connectivity index (χ0) is 17.8. The van der Waals surface area contributed by atoms with E-state index in [4.69, 9.17) is 0 Å². The van der Waals surface area contributed by atoms with E-state index in [0.29, 0.717) is 24.1 Å². The molecule has 0 spiro atoms. The molecule has 3 aromatic rings. The van der Waals surface area contributed by atoms with Gasteiger partial charge in [-0.3, -0.25) is 4.79 Å². The van der Waals surface area contributed by atoms with Gasteiger partial charge in [0.15, 0.2) is 0 Å². The Hall–Kier alpha value is -2.43. The van der Waals surface area contributed by atoms with Crippen LogP contribution < -0.4 is 10.6 Å². The van der Waals surface area contributed by atoms with Crippen LogP contribution in [0.4, 0.5) is 0 Å². The van der Waals surface area contributed by atoms with Gasteiger partial charge in [-0.1, -0.05) is 48.5 Å². The first-order chi connectivity index (χ1) is 12.8. The molecule has 2 aromatic carbocycles. The van der Waals surface area contributed by atoms with Crippen LogP contribution >= 0.6 is 11.3 Å². The Morgan fingerprint density at radius 3 is 2.50 bits per heavy atom. The van der Waals surface area contributed by atoms with Crippen molar-refractivity contribution in [1.29, 1.82) is 0 Å². The van der Waals surface area contributed by atoms with Crippen molar-refractivity contribution in [2.45, 2.75) is 31.5 Å². The van der Waals surface area contributed by atoms with Crippen molar-refractivity contribution in [3.63, 3.8) is 0 Å². The summed E-state index contributed by atoms with van der Waals surface area (Å²) in [5.74, 6) is 0.542. The maximum atomic E-state index is 12.3. The fourth-order valence-electron chi connectivity index (χ4n) is 3.20. The molecule has 1 aromatic heterocycles. The molecular formula is C22H22N2OS. The third-order valence-electron chi connectivity index (χ3n) is 4.81. The zero-order valence-electron chi connectivity index (χ0n) is 14.5. The van der Waals surface area contributed by atoms with E-state index in [2.05, 4.69) is 40.3 Å². The van der Waals surface area contributed by atoms with Gasteiger partial charge in [0.1, 0.15) is 0 Å². The van der Waals surface area contributed by atoms with Crippen LogP contribution in [0.2, 0.25) is 0 Å². The van der Waals surface area contributed by atoms with Crippen molar-refractivity contribution in [1.82, 2.24) is 10.6 Å². The summed E-state index contributed by atoms with van der Waals surface area (Å²) in [6.45, 7) is 1.50. The van der Waals surface area contributed by atoms with Gasteiger partial charge in [0.05, 0.1) is 0 Å². The van der Waals surface area contributed by atoms with Gasteiger partial charge in [-0.25, -0.2) is 0 Å². The summed E-state index contributed by atoms with van der Waals surface area (Å²) in [5.41, 5.74) is 3.14. The standard InChI is InChI=1S/C22H22N2OS/c25-22(24-14-16-5-2-1-3-6-16)18-10-8-17(9-11-18)20-13-21(20)23-15-19-7-4-12-26-19/h1-12,20-21,23H,13-15H2,(H,24,25)/t20-,21+/m0/s1. The van der Waals surface area contributed by atoms with Crippen LogP contribution in [0.25, 0.3) is 0 Å². The summed E-state index contributed by atoms with van der Waals surface area (Å²) in [6.07, 6.45) is 1.17. The highest BCUT2D eigenvalue weighted by Gasteiger charge is 2.37. The number of benzene rings is 2. The molecule has 1 aliphatic rings. The van der Waals surface area contributed by atoms with Crippen molar-refractivity contribution in [2.75, 3.05) is 0 Å². The minimum atomic E-state index is -0.0245. The summed E-state index contributed by atoms with van der Waals surface area (Å²) in [4.78, 5) is 13.7. The van der Waals surface area contributed by atoms with Gasteiger partial charge in [0.25, 0.3) is 5.91 Å². The second-order valence-electron chi connectivity index (χ2n) is 6.70. The molecule has 0 bridgehead atoms. The third kappa shape index (κ3) is 4.21. The molecule has 1 fully saturated rings. The van der Waals surface area contributed by atoms with Crippen molar-refractivity contribution >= 4 is 17.2 Å². The van der Waals surface area contributed by atoms with E-state index in [0.717, 1.165) is 12.1 Å². The van der Waals surface area contributed by atoms with Crippen LogP contribution in [-0.4, -0.2) is 11.9 Å². The summed E-state index contributed by atoms with van der Waals surface area (Å²) in [7, 11) is 0. The molecule has 26 heavy (non-hydrogen) atoms. The van der Waals surface area contributed by atoms with Gasteiger partial charge in [-0.2, -0.15) is 0 Å². The Morgan fingerprint density at radius 1 is 0.962 bits per heavy atom. The Bertz CT molecular complexity index is 844. The van der Waals surface area contributed by atoms with E-state index in [9.17, 15) is 4.79 Å². The number of carbonyl (C=O) groups is 1. The highest BCUT2D eigenvalue weighted by molar-refractivity contribution is 7.09. The molecule has 1 saturated carbocycles. The van der Waals surface area contributed by atoms with E-state index in [-0.39, 0.29) is 5.91 Å². The predicted molar refractivity (Wildman–Crippen MR) is 106 cm³/mol. The fraction of sp³-hybridized carbons (Fsp3) is 0.227. The van der Waals surface area contributed by atoms with Gasteiger partial charge in [-0.05, 0) is 41.1 Å². The lowest BCUT2D eigenvalue weighted by atomic mass is 10.1. The lowest BCUT2D eigenvalue weighted by Gasteiger charge is -2.07. The van der Waals surface area contributed by atoms with Gasteiger partial charge in [0, 0.05) is 35.5 Å². The summed E-state index contributed by atoms with van der Waals surface area (Å²) < 4.78 is 0. The molecule has 2 N–H and O–H groups in total. The minimum Gasteiger partial charge on any atom is -0.348 e. The van der Waals surface area contributed by atoms with Crippen LogP contribution in [0.1, 0.15) is 38.7 Å². The lowest BCUT2D eigenvalue weighted by molar-refractivity contribution is 0.0951. The summed E-state index contributed by atoms with van der Waals surface area (Å²) in [5, 5.41) is 8.70. The van der Waals surface area contributed by atoms with Gasteiger partial charge in [0.2, 0.25) is 0 Å². The lowest BCUT2D eigenvalue weighted by Crippen LogP contribution is -2.22. The maximum Gasteiger partial charge on any atom is 0.251 e.